The molecule has 0 aliphatic carbocycles. The summed E-state index contributed by atoms with van der Waals surface area (Å²) in [6.07, 6.45) is 5.12. The molecule has 0 saturated carbocycles. The zero-order chi connectivity index (χ0) is 20.0. The maximum absolute atomic E-state index is 12.8. The minimum absolute atomic E-state index is 0.0310. The highest BCUT2D eigenvalue weighted by molar-refractivity contribution is 7.77. The fourth-order valence-electron chi connectivity index (χ4n) is 3.93. The van der Waals surface area contributed by atoms with Crippen molar-refractivity contribution in [1.29, 1.82) is 0 Å². The molecule has 1 saturated heterocycles. The van der Waals surface area contributed by atoms with E-state index in [0.29, 0.717) is 18.9 Å². The number of benzene rings is 2. The topological polar surface area (TPSA) is 55.4 Å². The summed E-state index contributed by atoms with van der Waals surface area (Å²) in [5.41, 5.74) is 4.02. The van der Waals surface area contributed by atoms with Crippen LogP contribution in [0, 0.1) is 13.8 Å². The molecule has 1 aliphatic heterocycles. The summed E-state index contributed by atoms with van der Waals surface area (Å²) in [6.45, 7) is 4.31. The predicted molar refractivity (Wildman–Crippen MR) is 116 cm³/mol. The lowest BCUT2D eigenvalue weighted by molar-refractivity contribution is -0.141. The Labute approximate surface area is 168 Å². The largest absolute Gasteiger partial charge is 0.458 e. The molecule has 2 aromatic carbocycles. The van der Waals surface area contributed by atoms with Gasteiger partial charge >= 0.3 is 5.97 Å². The van der Waals surface area contributed by atoms with Crippen molar-refractivity contribution >= 4 is 24.8 Å². The Morgan fingerprint density at radius 1 is 0.929 bits per heavy atom. The number of hydrogen-bond donors (Lipinski definition) is 1. The molecule has 0 atom stereocenters. The van der Waals surface area contributed by atoms with E-state index in [4.69, 9.17) is 4.74 Å². The number of esters is 1. The van der Waals surface area contributed by atoms with E-state index in [1.165, 1.54) is 0 Å². The zero-order valence-corrected chi connectivity index (χ0v) is 17.6. The first-order valence-electron chi connectivity index (χ1n) is 9.88. The molecule has 1 amide bonds. The molecule has 3 rings (SSSR count). The number of ether oxygens (including phenoxy) is 1. The second-order valence-corrected chi connectivity index (χ2v) is 12.0. The number of rotatable bonds is 7. The van der Waals surface area contributed by atoms with Crippen molar-refractivity contribution in [1.82, 2.24) is 0 Å². The monoisotopic (exact) mass is 398 g/mol. The smallest absolute Gasteiger partial charge is 0.344 e. The number of aryl methyl sites for hydroxylation is 2. The van der Waals surface area contributed by atoms with Gasteiger partial charge in [-0.05, 0) is 43.4 Å². The van der Waals surface area contributed by atoms with Gasteiger partial charge in [-0.25, -0.2) is 4.79 Å². The van der Waals surface area contributed by atoms with E-state index >= 15 is 0 Å². The third-order valence-electron chi connectivity index (χ3n) is 5.45. The van der Waals surface area contributed by atoms with Crippen LogP contribution < -0.4 is 5.32 Å². The molecule has 0 spiro atoms. The molecule has 0 unspecified atom stereocenters. The summed E-state index contributed by atoms with van der Waals surface area (Å²) in [5.74, 6) is -0.137. The van der Waals surface area contributed by atoms with E-state index in [1.54, 1.807) is 0 Å². The van der Waals surface area contributed by atoms with Crippen molar-refractivity contribution in [3.63, 3.8) is 0 Å². The second kappa shape index (κ2) is 9.34. The molecular formula is C23H29NO3P+. The number of amides is 1. The van der Waals surface area contributed by atoms with Crippen LogP contribution in [-0.4, -0.2) is 36.5 Å². The molecular weight excluding hydrogens is 369 g/mol. The van der Waals surface area contributed by atoms with Crippen molar-refractivity contribution in [3.8, 4) is 0 Å². The lowest BCUT2D eigenvalue weighted by atomic mass is 10.1. The van der Waals surface area contributed by atoms with Crippen LogP contribution in [0.2, 0.25) is 0 Å². The molecule has 0 radical (unpaired) electrons. The maximum atomic E-state index is 12.8. The molecule has 5 heteroatoms. The molecule has 148 valence electrons. The molecule has 1 heterocycles. The van der Waals surface area contributed by atoms with E-state index < -0.39 is 7.26 Å². The first kappa shape index (κ1) is 20.5. The fourth-order valence-corrected chi connectivity index (χ4v) is 8.02. The molecule has 28 heavy (non-hydrogen) atoms. The Balaban J connectivity index is 1.60. The molecule has 0 bridgehead atoms. The average molecular weight is 398 g/mol. The number of hydrogen-bond acceptors (Lipinski definition) is 3. The molecule has 1 fully saturated rings. The summed E-state index contributed by atoms with van der Waals surface area (Å²) in [7, 11) is -1.63. The summed E-state index contributed by atoms with van der Waals surface area (Å²) < 4.78 is 5.51. The van der Waals surface area contributed by atoms with Gasteiger partial charge in [-0.3, -0.25) is 4.79 Å². The van der Waals surface area contributed by atoms with Crippen LogP contribution in [0.25, 0.3) is 0 Å². The van der Waals surface area contributed by atoms with Crippen LogP contribution in [0.4, 0.5) is 5.69 Å². The average Bonchev–Trinajstić information content (AvgIpc) is 3.12. The lowest BCUT2D eigenvalue weighted by Crippen LogP contribution is -2.25. The fraction of sp³-hybridized carbons (Fsp3) is 0.391. The van der Waals surface area contributed by atoms with E-state index in [-0.39, 0.29) is 11.9 Å². The zero-order valence-electron chi connectivity index (χ0n) is 16.7. The van der Waals surface area contributed by atoms with E-state index in [0.717, 1.165) is 47.5 Å². The Morgan fingerprint density at radius 3 is 2.21 bits per heavy atom. The van der Waals surface area contributed by atoms with Crippen LogP contribution >= 0.6 is 7.26 Å². The number of para-hydroxylation sites is 1. The Bertz CT molecular complexity index is 809. The third-order valence-corrected chi connectivity index (χ3v) is 9.86. The quantitative estimate of drug-likeness (QED) is 0.539. The predicted octanol–water partition coefficient (Wildman–Crippen LogP) is 4.80. The standard InChI is InChI=1S/C23H28NO3P/c1-18-9-8-10-19(2)23(18)24-21(25)16-28(13-6-7-14-28)17-22(26)27-15-20-11-4-3-5-12-20/h3-5,8-12H,6-7,13-17H2,1-2H3/p+1. The van der Waals surface area contributed by atoms with Gasteiger partial charge in [-0.1, -0.05) is 48.5 Å². The maximum Gasteiger partial charge on any atom is 0.344 e. The molecule has 1 N–H and O–H groups in total. The summed E-state index contributed by atoms with van der Waals surface area (Å²) >= 11 is 0. The molecule has 0 aromatic heterocycles. The van der Waals surface area contributed by atoms with Gasteiger partial charge in [0, 0.05) is 12.9 Å². The van der Waals surface area contributed by atoms with Gasteiger partial charge in [0.15, 0.2) is 6.16 Å². The first-order valence-corrected chi connectivity index (χ1v) is 12.4. The van der Waals surface area contributed by atoms with Gasteiger partial charge in [0.2, 0.25) is 0 Å². The normalized spacial score (nSPS) is 15.2. The first-order chi connectivity index (χ1) is 13.5. The summed E-state index contributed by atoms with van der Waals surface area (Å²) in [5, 5.41) is 3.10. The van der Waals surface area contributed by atoms with Crippen molar-refractivity contribution in [3.05, 3.63) is 65.2 Å². The van der Waals surface area contributed by atoms with Crippen molar-refractivity contribution < 1.29 is 14.3 Å². The van der Waals surface area contributed by atoms with Crippen LogP contribution in [0.3, 0.4) is 0 Å². The van der Waals surface area contributed by atoms with Gasteiger partial charge in [0.1, 0.15) is 12.8 Å². The van der Waals surface area contributed by atoms with Gasteiger partial charge in [0.05, 0.1) is 12.3 Å². The van der Waals surface area contributed by atoms with Crippen molar-refractivity contribution in [2.75, 3.05) is 30.0 Å². The van der Waals surface area contributed by atoms with Crippen LogP contribution in [0.1, 0.15) is 29.5 Å². The molecule has 2 aromatic rings. The molecule has 4 nitrogen and oxygen atoms in total. The number of anilines is 1. The van der Waals surface area contributed by atoms with E-state index in [9.17, 15) is 9.59 Å². The number of nitrogens with one attached hydrogen (secondary N) is 1. The van der Waals surface area contributed by atoms with Gasteiger partial charge in [0.25, 0.3) is 5.91 Å². The number of carbonyl (C=O) groups is 2. The van der Waals surface area contributed by atoms with Crippen molar-refractivity contribution in [2.24, 2.45) is 0 Å². The Kier molecular flexibility index (Phi) is 6.85. The Morgan fingerprint density at radius 2 is 1.57 bits per heavy atom. The highest BCUT2D eigenvalue weighted by atomic mass is 31.2. The Hall–Kier alpha value is -2.19. The van der Waals surface area contributed by atoms with Crippen LogP contribution in [0.15, 0.2) is 48.5 Å². The van der Waals surface area contributed by atoms with Crippen LogP contribution in [-0.2, 0) is 20.9 Å². The van der Waals surface area contributed by atoms with E-state index in [1.807, 2.05) is 62.4 Å². The van der Waals surface area contributed by atoms with Gasteiger partial charge < -0.3 is 10.1 Å². The summed E-state index contributed by atoms with van der Waals surface area (Å²) in [4.78, 5) is 25.3. The lowest BCUT2D eigenvalue weighted by Gasteiger charge is -2.21. The number of carbonyl (C=O) groups excluding carboxylic acids is 2. The second-order valence-electron chi connectivity index (χ2n) is 7.77. The van der Waals surface area contributed by atoms with E-state index in [2.05, 4.69) is 5.32 Å². The highest BCUT2D eigenvalue weighted by Crippen LogP contribution is 2.63. The van der Waals surface area contributed by atoms with Gasteiger partial charge in [-0.15, -0.1) is 0 Å². The van der Waals surface area contributed by atoms with Crippen molar-refractivity contribution in [2.45, 2.75) is 33.3 Å². The minimum atomic E-state index is -1.63. The third kappa shape index (κ3) is 5.42. The van der Waals surface area contributed by atoms with Crippen LogP contribution in [0.5, 0.6) is 0 Å². The summed E-state index contributed by atoms with van der Waals surface area (Å²) in [6, 6.07) is 15.7. The highest BCUT2D eigenvalue weighted by Gasteiger charge is 2.45. The SMILES string of the molecule is Cc1cccc(C)c1NC(=O)C[P+]1(CC(=O)OCc2ccccc2)CCCC1. The minimum Gasteiger partial charge on any atom is -0.458 e. The van der Waals surface area contributed by atoms with Gasteiger partial charge in [-0.2, -0.15) is 0 Å². The molecule has 1 aliphatic rings.